The van der Waals surface area contributed by atoms with Gasteiger partial charge in [0.25, 0.3) is 11.6 Å². The maximum absolute atomic E-state index is 12.3. The Bertz CT molecular complexity index is 833. The minimum Gasteiger partial charge on any atom is -0.452 e. The summed E-state index contributed by atoms with van der Waals surface area (Å²) in [5, 5.41) is 14.3. The number of rotatable bonds is 8. The summed E-state index contributed by atoms with van der Waals surface area (Å²) < 4.78 is 5.01. The summed E-state index contributed by atoms with van der Waals surface area (Å²) in [6, 6.07) is 4.40. The van der Waals surface area contributed by atoms with Crippen molar-refractivity contribution in [1.82, 2.24) is 10.2 Å². The van der Waals surface area contributed by atoms with Crippen molar-refractivity contribution in [3.05, 3.63) is 33.9 Å². The number of likely N-dealkylation sites (N-methyl/N-ethyl adjacent to an activating group) is 1. The highest BCUT2D eigenvalue weighted by Gasteiger charge is 2.26. The highest BCUT2D eigenvalue weighted by Crippen LogP contribution is 2.31. The predicted octanol–water partition coefficient (Wildman–Crippen LogP) is 1.48. The third kappa shape index (κ3) is 5.68. The lowest BCUT2D eigenvalue weighted by molar-refractivity contribution is -0.384. The summed E-state index contributed by atoms with van der Waals surface area (Å²) in [7, 11) is 1.45. The quantitative estimate of drug-likeness (QED) is 0.385. The Morgan fingerprint density at radius 3 is 2.57 bits per heavy atom. The van der Waals surface area contributed by atoms with E-state index >= 15 is 0 Å². The molecule has 0 atom stereocenters. The molecule has 10 heteroatoms. The Labute approximate surface area is 174 Å². The zero-order valence-corrected chi connectivity index (χ0v) is 17.0. The molecule has 1 N–H and O–H groups in total. The van der Waals surface area contributed by atoms with Gasteiger partial charge in [-0.15, -0.1) is 0 Å². The summed E-state index contributed by atoms with van der Waals surface area (Å²) >= 11 is 0. The van der Waals surface area contributed by atoms with Crippen molar-refractivity contribution in [2.24, 2.45) is 0 Å². The van der Waals surface area contributed by atoms with Gasteiger partial charge in [-0.05, 0) is 44.2 Å². The van der Waals surface area contributed by atoms with Crippen molar-refractivity contribution >= 4 is 29.2 Å². The van der Waals surface area contributed by atoms with E-state index in [0.29, 0.717) is 5.69 Å². The van der Waals surface area contributed by atoms with Crippen LogP contribution in [0.2, 0.25) is 0 Å². The number of nitrogens with one attached hydrogen (secondary N) is 1. The number of hydrogen-bond acceptors (Lipinski definition) is 7. The Morgan fingerprint density at radius 1 is 1.23 bits per heavy atom. The first-order valence-electron chi connectivity index (χ1n) is 10.1. The van der Waals surface area contributed by atoms with Crippen molar-refractivity contribution in [1.29, 1.82) is 0 Å². The number of amides is 2. The van der Waals surface area contributed by atoms with E-state index in [4.69, 9.17) is 4.74 Å². The molecule has 2 aliphatic rings. The molecule has 1 aromatic carbocycles. The van der Waals surface area contributed by atoms with Crippen LogP contribution in [0.1, 0.15) is 42.5 Å². The molecule has 1 heterocycles. The van der Waals surface area contributed by atoms with E-state index in [2.05, 4.69) is 5.32 Å². The van der Waals surface area contributed by atoms with Gasteiger partial charge in [0.1, 0.15) is 5.69 Å². The third-order valence-corrected chi connectivity index (χ3v) is 5.18. The second kappa shape index (κ2) is 9.55. The summed E-state index contributed by atoms with van der Waals surface area (Å²) in [4.78, 5) is 50.3. The largest absolute Gasteiger partial charge is 0.452 e. The number of piperidine rings is 1. The third-order valence-electron chi connectivity index (χ3n) is 5.18. The second-order valence-corrected chi connectivity index (χ2v) is 7.68. The Kier molecular flexibility index (Phi) is 6.86. The van der Waals surface area contributed by atoms with E-state index in [1.54, 1.807) is 6.07 Å². The van der Waals surface area contributed by atoms with Gasteiger partial charge in [-0.2, -0.15) is 0 Å². The molecule has 0 bridgehead atoms. The summed E-state index contributed by atoms with van der Waals surface area (Å²) in [6.07, 6.45) is 4.93. The molecule has 30 heavy (non-hydrogen) atoms. The van der Waals surface area contributed by atoms with Crippen LogP contribution in [0.15, 0.2) is 18.2 Å². The van der Waals surface area contributed by atoms with E-state index in [1.807, 2.05) is 4.90 Å². The maximum Gasteiger partial charge on any atom is 0.338 e. The first-order chi connectivity index (χ1) is 14.3. The standard InChI is InChI=1S/C20H26N4O6/c1-22(12-18(25)21-15-6-7-15)19(26)13-30-20(27)14-5-8-16(17(11-14)24(28)29)23-9-3-2-4-10-23/h5,8,11,15H,2-4,6-7,9-10,12-13H2,1H3,(H,21,25). The fourth-order valence-corrected chi connectivity index (χ4v) is 3.32. The minimum atomic E-state index is -0.826. The zero-order valence-electron chi connectivity index (χ0n) is 17.0. The topological polar surface area (TPSA) is 122 Å². The number of nitrogens with zero attached hydrogens (tertiary/aromatic N) is 3. The predicted molar refractivity (Wildman–Crippen MR) is 108 cm³/mol. The molecule has 1 saturated carbocycles. The summed E-state index contributed by atoms with van der Waals surface area (Å²) in [6.45, 7) is 0.802. The summed E-state index contributed by atoms with van der Waals surface area (Å²) in [5.74, 6) is -1.62. The average molecular weight is 418 g/mol. The van der Waals surface area contributed by atoms with Gasteiger partial charge in [0, 0.05) is 32.2 Å². The average Bonchev–Trinajstić information content (AvgIpc) is 3.55. The Balaban J connectivity index is 1.57. The van der Waals surface area contributed by atoms with Crippen LogP contribution < -0.4 is 10.2 Å². The van der Waals surface area contributed by atoms with Gasteiger partial charge >= 0.3 is 5.97 Å². The second-order valence-electron chi connectivity index (χ2n) is 7.68. The van der Waals surface area contributed by atoms with E-state index in [1.165, 1.54) is 24.1 Å². The molecule has 0 radical (unpaired) electrons. The molecule has 2 amide bonds. The number of ether oxygens (including phenoxy) is 1. The van der Waals surface area contributed by atoms with Crippen molar-refractivity contribution in [3.63, 3.8) is 0 Å². The molecule has 0 aromatic heterocycles. The van der Waals surface area contributed by atoms with Gasteiger partial charge in [-0.25, -0.2) is 4.79 Å². The number of nitro groups is 1. The van der Waals surface area contributed by atoms with E-state index in [-0.39, 0.29) is 29.7 Å². The minimum absolute atomic E-state index is 0.00406. The lowest BCUT2D eigenvalue weighted by Crippen LogP contribution is -2.40. The number of esters is 1. The monoisotopic (exact) mass is 418 g/mol. The van der Waals surface area contributed by atoms with Crippen molar-refractivity contribution in [2.75, 3.05) is 38.2 Å². The molecule has 1 aliphatic heterocycles. The van der Waals surface area contributed by atoms with Crippen molar-refractivity contribution in [3.8, 4) is 0 Å². The number of benzene rings is 1. The SMILES string of the molecule is CN(CC(=O)NC1CC1)C(=O)COC(=O)c1ccc(N2CCCCC2)c([N+](=O)[O-])c1. The van der Waals surface area contributed by atoms with Gasteiger partial charge in [-0.1, -0.05) is 0 Å². The Morgan fingerprint density at radius 2 is 1.93 bits per heavy atom. The number of carbonyl (C=O) groups excluding carboxylic acids is 3. The number of hydrogen-bond donors (Lipinski definition) is 1. The first kappa shape index (κ1) is 21.5. The van der Waals surface area contributed by atoms with Crippen LogP contribution >= 0.6 is 0 Å². The molecule has 1 aromatic rings. The normalized spacial score (nSPS) is 16.0. The number of carbonyl (C=O) groups is 3. The molecular formula is C20H26N4O6. The van der Waals surface area contributed by atoms with Gasteiger partial charge in [0.15, 0.2) is 6.61 Å². The van der Waals surface area contributed by atoms with E-state index in [0.717, 1.165) is 45.2 Å². The molecule has 1 aliphatic carbocycles. The molecule has 162 valence electrons. The van der Waals surface area contributed by atoms with Crippen LogP contribution in [0.3, 0.4) is 0 Å². The van der Waals surface area contributed by atoms with Gasteiger partial charge in [0.05, 0.1) is 17.0 Å². The Hall–Kier alpha value is -3.17. The van der Waals surface area contributed by atoms with Gasteiger partial charge < -0.3 is 19.9 Å². The van der Waals surface area contributed by atoms with Gasteiger partial charge in [0.2, 0.25) is 5.91 Å². The van der Waals surface area contributed by atoms with Crippen LogP contribution in [-0.2, 0) is 14.3 Å². The number of anilines is 1. The fraction of sp³-hybridized carbons (Fsp3) is 0.550. The van der Waals surface area contributed by atoms with Crippen LogP contribution in [0, 0.1) is 10.1 Å². The maximum atomic E-state index is 12.3. The van der Waals surface area contributed by atoms with Crippen molar-refractivity contribution < 1.29 is 24.0 Å². The number of nitro benzene ring substituents is 1. The molecule has 1 saturated heterocycles. The molecular weight excluding hydrogens is 392 g/mol. The summed E-state index contributed by atoms with van der Waals surface area (Å²) in [5.41, 5.74) is 0.324. The lowest BCUT2D eigenvalue weighted by atomic mass is 10.1. The van der Waals surface area contributed by atoms with Crippen molar-refractivity contribution in [2.45, 2.75) is 38.1 Å². The first-order valence-corrected chi connectivity index (χ1v) is 10.1. The molecule has 0 unspecified atom stereocenters. The van der Waals surface area contributed by atoms with Crippen LogP contribution in [0.25, 0.3) is 0 Å². The van der Waals surface area contributed by atoms with Crippen LogP contribution in [0.4, 0.5) is 11.4 Å². The molecule has 2 fully saturated rings. The molecule has 3 rings (SSSR count). The highest BCUT2D eigenvalue weighted by atomic mass is 16.6. The zero-order chi connectivity index (χ0) is 21.7. The van der Waals surface area contributed by atoms with E-state index < -0.39 is 23.4 Å². The highest BCUT2D eigenvalue weighted by molar-refractivity contribution is 5.93. The fourth-order valence-electron chi connectivity index (χ4n) is 3.32. The smallest absolute Gasteiger partial charge is 0.338 e. The van der Waals surface area contributed by atoms with Crippen LogP contribution in [-0.4, -0.2) is 66.9 Å². The van der Waals surface area contributed by atoms with Gasteiger partial charge in [-0.3, -0.25) is 19.7 Å². The van der Waals surface area contributed by atoms with Crippen LogP contribution in [0.5, 0.6) is 0 Å². The molecule has 10 nitrogen and oxygen atoms in total. The molecule has 0 spiro atoms. The lowest BCUT2D eigenvalue weighted by Gasteiger charge is -2.28. The van der Waals surface area contributed by atoms with E-state index in [9.17, 15) is 24.5 Å².